The van der Waals surface area contributed by atoms with Crippen LogP contribution >= 0.6 is 0 Å². The quantitative estimate of drug-likeness (QED) is 0.629. The molecule has 0 heterocycles. The number of rotatable bonds is 8. The summed E-state index contributed by atoms with van der Waals surface area (Å²) in [6, 6.07) is 8.14. The first-order valence-electron chi connectivity index (χ1n) is 7.24. The Balaban J connectivity index is 2.39. The monoisotopic (exact) mass is 316 g/mol. The van der Waals surface area contributed by atoms with Crippen LogP contribution in [0.25, 0.3) is 0 Å². The maximum absolute atomic E-state index is 11.8. The van der Waals surface area contributed by atoms with Gasteiger partial charge in [0.25, 0.3) is 0 Å². The molecule has 0 spiro atoms. The molecule has 1 aromatic carbocycles. The molecule has 0 aromatic heterocycles. The lowest BCUT2D eigenvalue weighted by Gasteiger charge is -2.15. The van der Waals surface area contributed by atoms with E-state index in [4.69, 9.17) is 11.5 Å². The Morgan fingerprint density at radius 2 is 1.70 bits per heavy atom. The Hall–Kier alpha value is -2.81. The molecule has 0 aliphatic heterocycles. The molecule has 2 amide bonds. The highest BCUT2D eigenvalue weighted by atomic mass is 16.4. The van der Waals surface area contributed by atoms with Gasteiger partial charge < -0.3 is 15.7 Å². The maximum atomic E-state index is 11.8. The van der Waals surface area contributed by atoms with E-state index in [2.05, 4.69) is 16.6 Å². The van der Waals surface area contributed by atoms with E-state index in [1.165, 1.54) is 0 Å². The summed E-state index contributed by atoms with van der Waals surface area (Å²) in [5.74, 6) is 0.197. The minimum atomic E-state index is -1.20. The summed E-state index contributed by atoms with van der Waals surface area (Å²) in [7, 11) is 0. The van der Waals surface area contributed by atoms with Gasteiger partial charge in [-0.05, 0) is 12.5 Å². The topological polar surface area (TPSA) is 95.5 Å². The molecule has 1 aromatic rings. The third kappa shape index (κ3) is 6.66. The number of nitrogens with one attached hydrogen (secondary N) is 2. The number of amides is 2. The van der Waals surface area contributed by atoms with Crippen LogP contribution in [0.4, 0.5) is 0 Å². The molecule has 0 aliphatic carbocycles. The number of aliphatic carboxylic acids is 1. The molecule has 0 aliphatic rings. The number of carboxylic acids is 1. The molecule has 122 valence electrons. The van der Waals surface area contributed by atoms with Crippen molar-refractivity contribution < 1.29 is 19.5 Å². The van der Waals surface area contributed by atoms with Crippen LogP contribution < -0.4 is 10.6 Å². The van der Waals surface area contributed by atoms with Crippen LogP contribution in [0.3, 0.4) is 0 Å². The van der Waals surface area contributed by atoms with Crippen LogP contribution in [0, 0.1) is 12.3 Å². The Labute approximate surface area is 135 Å². The fourth-order valence-corrected chi connectivity index (χ4v) is 1.95. The van der Waals surface area contributed by atoms with E-state index < -0.39 is 17.9 Å². The summed E-state index contributed by atoms with van der Waals surface area (Å²) in [5, 5.41) is 14.0. The molecule has 3 N–H and O–H groups in total. The van der Waals surface area contributed by atoms with Crippen molar-refractivity contribution in [3.05, 3.63) is 35.9 Å². The number of benzene rings is 1. The van der Waals surface area contributed by atoms with Crippen LogP contribution in [0.5, 0.6) is 0 Å². The highest BCUT2D eigenvalue weighted by molar-refractivity contribution is 5.87. The predicted octanol–water partition coefficient (Wildman–Crippen LogP) is 1.24. The van der Waals surface area contributed by atoms with Crippen LogP contribution in [0.1, 0.15) is 37.8 Å². The van der Waals surface area contributed by atoms with Gasteiger partial charge in [0, 0.05) is 19.3 Å². The van der Waals surface area contributed by atoms with Crippen LogP contribution in [-0.4, -0.2) is 28.9 Å². The predicted molar refractivity (Wildman–Crippen MR) is 85.3 cm³/mol. The molecule has 1 rings (SSSR count). The average molecular weight is 316 g/mol. The zero-order valence-electron chi connectivity index (χ0n) is 12.9. The highest BCUT2D eigenvalue weighted by Gasteiger charge is 2.19. The van der Waals surface area contributed by atoms with E-state index in [1.54, 1.807) is 0 Å². The van der Waals surface area contributed by atoms with Gasteiger partial charge in [-0.1, -0.05) is 30.3 Å². The minimum Gasteiger partial charge on any atom is -0.480 e. The van der Waals surface area contributed by atoms with E-state index in [9.17, 15) is 14.4 Å². The van der Waals surface area contributed by atoms with Crippen molar-refractivity contribution in [1.29, 1.82) is 0 Å². The van der Waals surface area contributed by atoms with Crippen molar-refractivity contribution in [2.24, 2.45) is 0 Å². The van der Waals surface area contributed by atoms with Crippen molar-refractivity contribution in [1.82, 2.24) is 10.6 Å². The van der Waals surface area contributed by atoms with Gasteiger partial charge in [-0.15, -0.1) is 12.3 Å². The number of terminal acetylenes is 1. The molecule has 0 radical (unpaired) electrons. The molecule has 0 unspecified atom stereocenters. The Morgan fingerprint density at radius 3 is 2.22 bits per heavy atom. The van der Waals surface area contributed by atoms with Gasteiger partial charge in [0.05, 0.1) is 6.04 Å². The van der Waals surface area contributed by atoms with Gasteiger partial charge in [0.15, 0.2) is 0 Å². The third-order valence-corrected chi connectivity index (χ3v) is 3.21. The fraction of sp³-hybridized carbons (Fsp3) is 0.353. The first-order valence-corrected chi connectivity index (χ1v) is 7.24. The summed E-state index contributed by atoms with van der Waals surface area (Å²) < 4.78 is 0. The standard InChI is InChI=1S/C17H20N2O4/c1-3-7-14(17(22)23)19-16(21)11-10-15(20)18-12(2)13-8-5-4-6-9-13/h1,4-6,8-9,12,14H,7,10-11H2,2H3,(H,18,20)(H,19,21)(H,22,23)/t12-,14+/m1/s1. The Bertz CT molecular complexity index is 592. The first kappa shape index (κ1) is 18.2. The third-order valence-electron chi connectivity index (χ3n) is 3.21. The van der Waals surface area contributed by atoms with E-state index in [0.717, 1.165) is 5.56 Å². The first-order chi connectivity index (χ1) is 10.9. The normalized spacial score (nSPS) is 12.5. The maximum Gasteiger partial charge on any atom is 0.327 e. The van der Waals surface area contributed by atoms with Gasteiger partial charge in [-0.3, -0.25) is 9.59 Å². The lowest BCUT2D eigenvalue weighted by molar-refractivity contribution is -0.141. The van der Waals surface area contributed by atoms with E-state index >= 15 is 0 Å². The molecule has 0 saturated carbocycles. The molecule has 0 fully saturated rings. The lowest BCUT2D eigenvalue weighted by atomic mass is 10.1. The van der Waals surface area contributed by atoms with Crippen LogP contribution in [0.15, 0.2) is 30.3 Å². The van der Waals surface area contributed by atoms with Gasteiger partial charge in [-0.25, -0.2) is 4.79 Å². The summed E-state index contributed by atoms with van der Waals surface area (Å²) in [4.78, 5) is 34.4. The lowest BCUT2D eigenvalue weighted by Crippen LogP contribution is -2.41. The van der Waals surface area contributed by atoms with E-state index in [1.807, 2.05) is 37.3 Å². The van der Waals surface area contributed by atoms with Crippen LogP contribution in [0.2, 0.25) is 0 Å². The number of carbonyl (C=O) groups excluding carboxylic acids is 2. The SMILES string of the molecule is C#CC[C@H](NC(=O)CCC(=O)N[C@H](C)c1ccccc1)C(=O)O. The van der Waals surface area contributed by atoms with Crippen molar-refractivity contribution in [2.45, 2.75) is 38.3 Å². The molecule has 0 bridgehead atoms. The summed E-state index contributed by atoms with van der Waals surface area (Å²) in [6.45, 7) is 1.85. The molecule has 2 atom stereocenters. The molecule has 6 heteroatoms. The zero-order valence-corrected chi connectivity index (χ0v) is 12.9. The second kappa shape index (κ2) is 9.26. The van der Waals surface area contributed by atoms with Gasteiger partial charge in [0.1, 0.15) is 6.04 Å². The fourth-order valence-electron chi connectivity index (χ4n) is 1.95. The molecular weight excluding hydrogens is 296 g/mol. The Kier molecular flexibility index (Phi) is 7.34. The van der Waals surface area contributed by atoms with Gasteiger partial charge in [-0.2, -0.15) is 0 Å². The average Bonchev–Trinajstić information content (AvgIpc) is 2.53. The number of carboxylic acid groups (broad SMARTS) is 1. The second-order valence-corrected chi connectivity index (χ2v) is 5.07. The van der Waals surface area contributed by atoms with Crippen molar-refractivity contribution >= 4 is 17.8 Å². The van der Waals surface area contributed by atoms with Crippen molar-refractivity contribution in [3.8, 4) is 12.3 Å². The molecule has 23 heavy (non-hydrogen) atoms. The molecular formula is C17H20N2O4. The van der Waals surface area contributed by atoms with Crippen molar-refractivity contribution in [2.75, 3.05) is 0 Å². The number of hydrogen-bond donors (Lipinski definition) is 3. The molecule has 6 nitrogen and oxygen atoms in total. The summed E-state index contributed by atoms with van der Waals surface area (Å²) in [6.07, 6.45) is 4.83. The largest absolute Gasteiger partial charge is 0.480 e. The second-order valence-electron chi connectivity index (χ2n) is 5.07. The molecule has 0 saturated heterocycles. The van der Waals surface area contributed by atoms with E-state index in [-0.39, 0.29) is 31.2 Å². The van der Waals surface area contributed by atoms with Gasteiger partial charge >= 0.3 is 5.97 Å². The van der Waals surface area contributed by atoms with Gasteiger partial charge in [0.2, 0.25) is 11.8 Å². The van der Waals surface area contributed by atoms with Crippen LogP contribution in [-0.2, 0) is 14.4 Å². The zero-order chi connectivity index (χ0) is 17.2. The smallest absolute Gasteiger partial charge is 0.327 e. The highest BCUT2D eigenvalue weighted by Crippen LogP contribution is 2.11. The number of hydrogen-bond acceptors (Lipinski definition) is 3. The summed E-state index contributed by atoms with van der Waals surface area (Å²) >= 11 is 0. The van der Waals surface area contributed by atoms with Crippen molar-refractivity contribution in [3.63, 3.8) is 0 Å². The number of carbonyl (C=O) groups is 3. The minimum absolute atomic E-state index is 0.0224. The summed E-state index contributed by atoms with van der Waals surface area (Å²) in [5.41, 5.74) is 0.963. The van der Waals surface area contributed by atoms with E-state index in [0.29, 0.717) is 0 Å². The Morgan fingerprint density at radius 1 is 1.13 bits per heavy atom.